The zero-order valence-corrected chi connectivity index (χ0v) is 10.6. The van der Waals surface area contributed by atoms with Gasteiger partial charge in [-0.15, -0.1) is 0 Å². The van der Waals surface area contributed by atoms with Gasteiger partial charge in [0.2, 0.25) is 5.89 Å². The molecule has 1 aliphatic rings. The Morgan fingerprint density at radius 3 is 2.94 bits per heavy atom. The van der Waals surface area contributed by atoms with Crippen LogP contribution in [0.1, 0.15) is 30.5 Å². The van der Waals surface area contributed by atoms with Crippen LogP contribution in [0.2, 0.25) is 10.0 Å². The summed E-state index contributed by atoms with van der Waals surface area (Å²) in [4.78, 5) is 16.0. The summed E-state index contributed by atoms with van der Waals surface area (Å²) in [6.45, 7) is 0.117. The van der Waals surface area contributed by atoms with Gasteiger partial charge in [0.1, 0.15) is 11.6 Å². The summed E-state index contributed by atoms with van der Waals surface area (Å²) in [5.41, 5.74) is -0.470. The minimum Gasteiger partial charge on any atom is -0.339 e. The Labute approximate surface area is 112 Å². The molecule has 1 aliphatic carbocycles. The Bertz CT molecular complexity index is 648. The topological polar surface area (TPSA) is 73.8 Å². The molecule has 1 saturated carbocycles. The van der Waals surface area contributed by atoms with Crippen LogP contribution in [0, 0.1) is 0 Å². The third-order valence-corrected chi connectivity index (χ3v) is 3.39. The van der Waals surface area contributed by atoms with Crippen LogP contribution >= 0.6 is 23.2 Å². The molecule has 0 spiro atoms. The molecule has 0 atom stereocenters. The molecule has 8 heteroatoms. The lowest BCUT2D eigenvalue weighted by atomic mass is 10.4. The molecule has 0 radical (unpaired) electrons. The highest BCUT2D eigenvalue weighted by molar-refractivity contribution is 6.41. The van der Waals surface area contributed by atoms with Crippen LogP contribution in [0.3, 0.4) is 0 Å². The lowest BCUT2D eigenvalue weighted by Crippen LogP contribution is -2.24. The van der Waals surface area contributed by atoms with E-state index in [0.717, 1.165) is 17.5 Å². The van der Waals surface area contributed by atoms with Crippen molar-refractivity contribution in [3.63, 3.8) is 0 Å². The first kappa shape index (κ1) is 11.7. The lowest BCUT2D eigenvalue weighted by Gasteiger charge is -2.01. The van der Waals surface area contributed by atoms with E-state index in [4.69, 9.17) is 27.7 Å². The first-order valence-electron chi connectivity index (χ1n) is 5.39. The second-order valence-electron chi connectivity index (χ2n) is 4.09. The summed E-state index contributed by atoms with van der Waals surface area (Å²) in [6.07, 6.45) is 3.46. The number of rotatable bonds is 3. The van der Waals surface area contributed by atoms with Crippen LogP contribution < -0.4 is 5.56 Å². The molecule has 0 aromatic carbocycles. The SMILES string of the molecule is O=c1c(Cl)c(Cl)cnn1Cc1noc(C2CC2)n1. The predicted octanol–water partition coefficient (Wildman–Crippen LogP) is 1.86. The normalized spacial score (nSPS) is 15.0. The van der Waals surface area contributed by atoms with Gasteiger partial charge in [0, 0.05) is 5.92 Å². The molecule has 0 aliphatic heterocycles. The van der Waals surface area contributed by atoms with E-state index in [2.05, 4.69) is 15.2 Å². The Morgan fingerprint density at radius 1 is 1.44 bits per heavy atom. The highest BCUT2D eigenvalue weighted by atomic mass is 35.5. The molecule has 6 nitrogen and oxygen atoms in total. The largest absolute Gasteiger partial charge is 0.339 e. The van der Waals surface area contributed by atoms with Gasteiger partial charge < -0.3 is 4.52 Å². The minimum atomic E-state index is -0.470. The first-order valence-corrected chi connectivity index (χ1v) is 6.14. The van der Waals surface area contributed by atoms with Crippen molar-refractivity contribution in [1.82, 2.24) is 19.9 Å². The van der Waals surface area contributed by atoms with E-state index in [1.807, 2.05) is 0 Å². The molecule has 94 valence electrons. The second-order valence-corrected chi connectivity index (χ2v) is 4.88. The third kappa shape index (κ3) is 2.13. The molecule has 2 aromatic heterocycles. The van der Waals surface area contributed by atoms with Crippen molar-refractivity contribution in [3.8, 4) is 0 Å². The molecule has 0 N–H and O–H groups in total. The summed E-state index contributed by atoms with van der Waals surface area (Å²) in [6, 6.07) is 0. The molecule has 3 rings (SSSR count). The van der Waals surface area contributed by atoms with Gasteiger partial charge in [-0.2, -0.15) is 10.1 Å². The fraction of sp³-hybridized carbons (Fsp3) is 0.400. The standard InChI is InChI=1S/C10H8Cl2N4O2/c11-6-3-13-16(10(17)8(6)12)4-7-14-9(18-15-7)5-1-2-5/h3,5H,1-2,4H2. The van der Waals surface area contributed by atoms with E-state index < -0.39 is 5.56 Å². The van der Waals surface area contributed by atoms with Gasteiger partial charge in [-0.1, -0.05) is 28.4 Å². The van der Waals surface area contributed by atoms with Crippen LogP contribution in [-0.2, 0) is 6.54 Å². The summed E-state index contributed by atoms with van der Waals surface area (Å²) in [5.74, 6) is 1.41. The van der Waals surface area contributed by atoms with Gasteiger partial charge in [-0.3, -0.25) is 4.79 Å². The minimum absolute atomic E-state index is 0.0578. The van der Waals surface area contributed by atoms with Gasteiger partial charge in [-0.05, 0) is 12.8 Å². The number of nitrogens with zero attached hydrogens (tertiary/aromatic N) is 4. The molecule has 2 aromatic rings. The second kappa shape index (κ2) is 4.37. The van der Waals surface area contributed by atoms with E-state index in [9.17, 15) is 4.79 Å². The Kier molecular flexibility index (Phi) is 2.83. The maximum atomic E-state index is 11.7. The van der Waals surface area contributed by atoms with Gasteiger partial charge in [-0.25, -0.2) is 4.68 Å². The first-order chi connectivity index (χ1) is 8.65. The van der Waals surface area contributed by atoms with Crippen molar-refractivity contribution >= 4 is 23.2 Å². The summed E-state index contributed by atoms with van der Waals surface area (Å²) in [5, 5.41) is 7.75. The van der Waals surface area contributed by atoms with Crippen molar-refractivity contribution in [2.24, 2.45) is 0 Å². The average Bonchev–Trinajstić information content (AvgIpc) is 3.11. The number of hydrogen-bond donors (Lipinski definition) is 0. The molecule has 0 saturated heterocycles. The zero-order chi connectivity index (χ0) is 12.7. The highest BCUT2D eigenvalue weighted by Gasteiger charge is 2.29. The fourth-order valence-electron chi connectivity index (χ4n) is 1.52. The Morgan fingerprint density at radius 2 is 2.22 bits per heavy atom. The van der Waals surface area contributed by atoms with Gasteiger partial charge in [0.15, 0.2) is 5.82 Å². The molecule has 2 heterocycles. The number of aromatic nitrogens is 4. The molecule has 18 heavy (non-hydrogen) atoms. The van der Waals surface area contributed by atoms with Crippen molar-refractivity contribution in [2.45, 2.75) is 25.3 Å². The Balaban J connectivity index is 1.87. The fourth-order valence-corrected chi connectivity index (χ4v) is 1.79. The summed E-state index contributed by atoms with van der Waals surface area (Å²) < 4.78 is 6.24. The van der Waals surface area contributed by atoms with Crippen LogP contribution in [0.4, 0.5) is 0 Å². The van der Waals surface area contributed by atoms with E-state index >= 15 is 0 Å². The zero-order valence-electron chi connectivity index (χ0n) is 9.14. The van der Waals surface area contributed by atoms with Crippen molar-refractivity contribution < 1.29 is 4.52 Å². The van der Waals surface area contributed by atoms with E-state index in [0.29, 0.717) is 17.6 Å². The lowest BCUT2D eigenvalue weighted by molar-refractivity contribution is 0.372. The molecule has 0 bridgehead atoms. The molecule has 0 amide bonds. The van der Waals surface area contributed by atoms with Gasteiger partial charge in [0.25, 0.3) is 5.56 Å². The molecular weight excluding hydrogens is 279 g/mol. The summed E-state index contributed by atoms with van der Waals surface area (Å²) in [7, 11) is 0. The predicted molar refractivity (Wildman–Crippen MR) is 63.9 cm³/mol. The average molecular weight is 287 g/mol. The molecule has 0 unspecified atom stereocenters. The number of halogens is 2. The molecular formula is C10H8Cl2N4O2. The van der Waals surface area contributed by atoms with E-state index in [-0.39, 0.29) is 16.6 Å². The maximum Gasteiger partial charge on any atom is 0.287 e. The van der Waals surface area contributed by atoms with Crippen LogP contribution in [0.5, 0.6) is 0 Å². The smallest absolute Gasteiger partial charge is 0.287 e. The van der Waals surface area contributed by atoms with E-state index in [1.165, 1.54) is 6.20 Å². The van der Waals surface area contributed by atoms with Crippen molar-refractivity contribution in [1.29, 1.82) is 0 Å². The van der Waals surface area contributed by atoms with Crippen molar-refractivity contribution in [2.75, 3.05) is 0 Å². The van der Waals surface area contributed by atoms with E-state index in [1.54, 1.807) is 0 Å². The van der Waals surface area contributed by atoms with Crippen LogP contribution in [0.25, 0.3) is 0 Å². The molecule has 1 fully saturated rings. The highest BCUT2D eigenvalue weighted by Crippen LogP contribution is 2.38. The maximum absolute atomic E-state index is 11.7. The van der Waals surface area contributed by atoms with Crippen molar-refractivity contribution in [3.05, 3.63) is 38.3 Å². The summed E-state index contributed by atoms with van der Waals surface area (Å²) >= 11 is 11.4. The van der Waals surface area contributed by atoms with Crippen LogP contribution in [0.15, 0.2) is 15.5 Å². The monoisotopic (exact) mass is 286 g/mol. The van der Waals surface area contributed by atoms with Gasteiger partial charge >= 0.3 is 0 Å². The van der Waals surface area contributed by atoms with Gasteiger partial charge in [0.05, 0.1) is 11.2 Å². The van der Waals surface area contributed by atoms with Crippen LogP contribution in [-0.4, -0.2) is 19.9 Å². The Hall–Kier alpha value is -1.40. The number of hydrogen-bond acceptors (Lipinski definition) is 5. The third-order valence-electron chi connectivity index (χ3n) is 2.64. The quantitative estimate of drug-likeness (QED) is 0.861.